The number of rotatable bonds is 25. The molecule has 16 nitrogen and oxygen atoms in total. The first-order valence-electron chi connectivity index (χ1n) is 19.5. The molecule has 1 fully saturated rings. The number of hydrogen-bond acceptors (Lipinski definition) is 14. The molecule has 0 bridgehead atoms. The SMILES string of the molecule is CCCCC/C=C\C/C=C\CCCCCCCCOC(=O)[C@H](C)NP(=O)(OCOC(=O)C(C)(C)C)OC[C@H]1O[C@@](C#N)(c2ccc3c(N)ncnn23)[C@H](O)[C@@H]1O. The van der Waals surface area contributed by atoms with E-state index in [0.717, 1.165) is 57.7 Å². The van der Waals surface area contributed by atoms with E-state index in [0.29, 0.717) is 11.9 Å². The third kappa shape index (κ3) is 13.8. The number of fused-ring (bicyclic) bond motifs is 1. The molecule has 0 radical (unpaired) electrons. The van der Waals surface area contributed by atoms with Gasteiger partial charge in [0.15, 0.2) is 5.82 Å². The zero-order chi connectivity index (χ0) is 41.2. The number of carbonyl (C=O) groups excluding carboxylic acids is 2. The van der Waals surface area contributed by atoms with Crippen LogP contribution >= 0.6 is 7.75 Å². The molecular formula is C39H61N6O10P. The molecule has 2 aromatic rings. The maximum atomic E-state index is 13.9. The Balaban J connectivity index is 1.49. The van der Waals surface area contributed by atoms with E-state index < -0.39 is 68.5 Å². The van der Waals surface area contributed by atoms with Crippen LogP contribution in [0, 0.1) is 16.7 Å². The first-order valence-corrected chi connectivity index (χ1v) is 21.1. The van der Waals surface area contributed by atoms with Gasteiger partial charge < -0.3 is 30.2 Å². The van der Waals surface area contributed by atoms with Gasteiger partial charge in [-0.05, 0) is 78.4 Å². The smallest absolute Gasteiger partial charge is 0.409 e. The number of nitriles is 1. The third-order valence-electron chi connectivity index (χ3n) is 9.22. The maximum absolute atomic E-state index is 13.9. The van der Waals surface area contributed by atoms with Crippen molar-refractivity contribution in [2.75, 3.05) is 25.7 Å². The lowest BCUT2D eigenvalue weighted by Gasteiger charge is -2.25. The van der Waals surface area contributed by atoms with Crippen molar-refractivity contribution in [2.45, 2.75) is 142 Å². The number of anilines is 1. The lowest BCUT2D eigenvalue weighted by Crippen LogP contribution is -2.41. The van der Waals surface area contributed by atoms with Crippen molar-refractivity contribution in [1.29, 1.82) is 5.26 Å². The average Bonchev–Trinajstić information content (AvgIpc) is 3.71. The van der Waals surface area contributed by atoms with Crippen LogP contribution in [0.1, 0.15) is 117 Å². The predicted octanol–water partition coefficient (Wildman–Crippen LogP) is 6.17. The summed E-state index contributed by atoms with van der Waals surface area (Å²) in [6, 6.07) is 3.70. The van der Waals surface area contributed by atoms with Crippen LogP contribution in [0.2, 0.25) is 0 Å². The third-order valence-corrected chi connectivity index (χ3v) is 10.9. The number of aliphatic hydroxyl groups is 2. The maximum Gasteiger partial charge on any atom is 0.409 e. The van der Waals surface area contributed by atoms with Crippen molar-refractivity contribution in [3.05, 3.63) is 48.5 Å². The van der Waals surface area contributed by atoms with Crippen LogP contribution in [0.5, 0.6) is 0 Å². The molecule has 5 N–H and O–H groups in total. The summed E-state index contributed by atoms with van der Waals surface area (Å²) in [5.41, 5.74) is 3.28. The van der Waals surface area contributed by atoms with Crippen LogP contribution in [0.3, 0.4) is 0 Å². The molecule has 1 aliphatic rings. The minimum absolute atomic E-state index is 0.0565. The van der Waals surface area contributed by atoms with E-state index in [9.17, 15) is 29.6 Å². The Bertz CT molecular complexity index is 1690. The van der Waals surface area contributed by atoms with Crippen molar-refractivity contribution in [2.24, 2.45) is 5.41 Å². The molecule has 2 aromatic heterocycles. The second-order valence-electron chi connectivity index (χ2n) is 14.9. The van der Waals surface area contributed by atoms with Gasteiger partial charge in [-0.3, -0.25) is 18.6 Å². The van der Waals surface area contributed by atoms with Gasteiger partial charge in [-0.25, -0.2) is 19.2 Å². The van der Waals surface area contributed by atoms with Crippen molar-refractivity contribution in [1.82, 2.24) is 19.7 Å². The van der Waals surface area contributed by atoms with Crippen LogP contribution in [0.25, 0.3) is 5.52 Å². The van der Waals surface area contributed by atoms with Crippen molar-refractivity contribution in [3.63, 3.8) is 0 Å². The number of nitrogens with two attached hydrogens (primary N) is 1. The summed E-state index contributed by atoms with van der Waals surface area (Å²) in [5.74, 6) is -1.26. The summed E-state index contributed by atoms with van der Waals surface area (Å²) in [5, 5.41) is 38.8. The number of hydrogen-bond donors (Lipinski definition) is 4. The quantitative estimate of drug-likeness (QED) is 0.0289. The van der Waals surface area contributed by atoms with Crippen molar-refractivity contribution >= 4 is 31.0 Å². The van der Waals surface area contributed by atoms with E-state index in [1.54, 1.807) is 20.8 Å². The summed E-state index contributed by atoms with van der Waals surface area (Å²) in [6.07, 6.45) is 18.1. The van der Waals surface area contributed by atoms with Gasteiger partial charge in [0.05, 0.1) is 24.3 Å². The van der Waals surface area contributed by atoms with Gasteiger partial charge in [0.1, 0.15) is 42.3 Å². The van der Waals surface area contributed by atoms with Gasteiger partial charge in [-0.15, -0.1) is 0 Å². The number of esters is 2. The van der Waals surface area contributed by atoms with E-state index in [2.05, 4.69) is 46.4 Å². The number of allylic oxidation sites excluding steroid dienone is 4. The highest BCUT2D eigenvalue weighted by molar-refractivity contribution is 7.51. The monoisotopic (exact) mass is 804 g/mol. The largest absolute Gasteiger partial charge is 0.465 e. The zero-order valence-corrected chi connectivity index (χ0v) is 34.3. The Kier molecular flexibility index (Phi) is 19.1. The van der Waals surface area contributed by atoms with Crippen LogP contribution in [0.15, 0.2) is 42.8 Å². The van der Waals surface area contributed by atoms with Gasteiger partial charge in [0.2, 0.25) is 12.4 Å². The Morgan fingerprint density at radius 1 is 1.05 bits per heavy atom. The second-order valence-corrected chi connectivity index (χ2v) is 16.7. The van der Waals surface area contributed by atoms with Gasteiger partial charge in [0, 0.05) is 0 Å². The molecule has 312 valence electrons. The first kappa shape index (κ1) is 46.7. The highest BCUT2D eigenvalue weighted by atomic mass is 31.2. The number of nitrogens with zero attached hydrogens (tertiary/aromatic N) is 4. The van der Waals surface area contributed by atoms with Crippen molar-refractivity contribution in [3.8, 4) is 6.07 Å². The number of aliphatic hydroxyl groups excluding tert-OH is 2. The van der Waals surface area contributed by atoms with Gasteiger partial charge >= 0.3 is 19.7 Å². The molecule has 0 aliphatic carbocycles. The molecule has 0 spiro atoms. The number of nitrogen functional groups attached to an aromatic ring is 1. The highest BCUT2D eigenvalue weighted by Crippen LogP contribution is 2.47. The fraction of sp³-hybridized carbons (Fsp3) is 0.667. The zero-order valence-electron chi connectivity index (χ0n) is 33.4. The van der Waals surface area contributed by atoms with E-state index in [1.807, 2.05) is 6.07 Å². The second kappa shape index (κ2) is 22.9. The number of unbranched alkanes of at least 4 members (excludes halogenated alkanes) is 9. The van der Waals surface area contributed by atoms with E-state index in [-0.39, 0.29) is 18.1 Å². The number of carbonyl (C=O) groups is 2. The van der Waals surface area contributed by atoms with Crippen LogP contribution < -0.4 is 10.8 Å². The van der Waals surface area contributed by atoms with Gasteiger partial charge in [-0.2, -0.15) is 10.4 Å². The molecule has 56 heavy (non-hydrogen) atoms. The van der Waals surface area contributed by atoms with Crippen molar-refractivity contribution < 1.29 is 47.6 Å². The molecule has 3 rings (SSSR count). The molecule has 3 heterocycles. The molecular weight excluding hydrogens is 743 g/mol. The summed E-state index contributed by atoms with van der Waals surface area (Å²) in [7, 11) is -4.50. The fourth-order valence-corrected chi connectivity index (χ4v) is 7.22. The Labute approximate surface area is 330 Å². The minimum atomic E-state index is -4.50. The fourth-order valence-electron chi connectivity index (χ4n) is 5.88. The number of ether oxygens (including phenoxy) is 3. The Morgan fingerprint density at radius 2 is 1.71 bits per heavy atom. The molecule has 6 atom stereocenters. The first-order chi connectivity index (χ1) is 26.7. The summed E-state index contributed by atoms with van der Waals surface area (Å²) in [6.45, 7) is 7.16. The molecule has 0 saturated carbocycles. The van der Waals surface area contributed by atoms with Crippen LogP contribution in [-0.2, 0) is 43.0 Å². The predicted molar refractivity (Wildman–Crippen MR) is 210 cm³/mol. The lowest BCUT2D eigenvalue weighted by atomic mass is 9.92. The summed E-state index contributed by atoms with van der Waals surface area (Å²) >= 11 is 0. The van der Waals surface area contributed by atoms with Gasteiger partial charge in [-0.1, -0.05) is 69.8 Å². The summed E-state index contributed by atoms with van der Waals surface area (Å²) < 4.78 is 42.6. The average molecular weight is 805 g/mol. The molecule has 1 unspecified atom stereocenters. The topological polar surface area (TPSA) is 230 Å². The normalized spacial score (nSPS) is 21.7. The minimum Gasteiger partial charge on any atom is -0.465 e. The molecule has 0 aromatic carbocycles. The van der Waals surface area contributed by atoms with E-state index >= 15 is 0 Å². The van der Waals surface area contributed by atoms with E-state index in [4.69, 9.17) is 29.0 Å². The molecule has 1 aliphatic heterocycles. The molecule has 0 amide bonds. The number of aromatic nitrogens is 3. The summed E-state index contributed by atoms with van der Waals surface area (Å²) in [4.78, 5) is 29.1. The molecule has 17 heteroatoms. The van der Waals surface area contributed by atoms with Gasteiger partial charge in [0.25, 0.3) is 0 Å². The van der Waals surface area contributed by atoms with Crippen LogP contribution in [-0.4, -0.2) is 81.1 Å². The lowest BCUT2D eigenvalue weighted by molar-refractivity contribution is -0.160. The van der Waals surface area contributed by atoms with E-state index in [1.165, 1.54) is 42.8 Å². The Hall–Kier alpha value is -3.68. The molecule has 1 saturated heterocycles. The standard InChI is InChI=1S/C39H61N6O10P/c1-6-7-8-9-10-11-12-13-14-15-16-17-18-19-20-21-24-51-36(48)29(2)44-56(50,54-28-52-37(49)38(3,4)5)53-25-31-33(46)34(47)39(26-40,55-31)32-23-22-30-35(41)42-27-43-45(30)32/h10-11,13-14,22-23,27,29,31,33-34,46-47H,6-9,12,15-21,24-25,28H2,1-5H3,(H,44,50)(H2,41,42,43)/b11-10-,14-13-/t29-,31+,33+,34+,39-,56?/m0/s1. The highest BCUT2D eigenvalue weighted by Gasteiger charge is 2.58. The number of nitrogens with one attached hydrogen (secondary N) is 1. The van der Waals surface area contributed by atoms with Crippen LogP contribution in [0.4, 0.5) is 5.82 Å². The Morgan fingerprint density at radius 3 is 2.38 bits per heavy atom.